The van der Waals surface area contributed by atoms with Gasteiger partial charge in [0, 0.05) is 30.1 Å². The molecule has 5 N–H and O–H groups in total. The molecule has 2 aliphatic rings. The molecule has 1 aromatic rings. The Morgan fingerprint density at radius 2 is 1.89 bits per heavy atom. The molecule has 2 heterocycles. The molecular formula is C14H19N5. The number of aliphatic imine (C=N–C) groups is 1. The molecule has 3 rings (SSSR count). The van der Waals surface area contributed by atoms with Gasteiger partial charge >= 0.3 is 0 Å². The first-order valence-electron chi connectivity index (χ1n) is 6.72. The SMILES string of the molecule is NC1=CNC(c2ccncc2)=NC1(N)C1CCCC1. The number of rotatable bonds is 2. The quantitative estimate of drug-likeness (QED) is 0.739. The van der Waals surface area contributed by atoms with Crippen LogP contribution in [0.15, 0.2) is 41.4 Å². The molecule has 1 fully saturated rings. The number of pyridine rings is 1. The van der Waals surface area contributed by atoms with E-state index < -0.39 is 5.66 Å². The number of nitrogens with zero attached hydrogens (tertiary/aromatic N) is 2. The Kier molecular flexibility index (Phi) is 2.98. The number of nitrogens with two attached hydrogens (primary N) is 2. The third-order valence-electron chi connectivity index (χ3n) is 4.05. The van der Waals surface area contributed by atoms with Crippen molar-refractivity contribution < 1.29 is 0 Å². The van der Waals surface area contributed by atoms with Crippen molar-refractivity contribution in [3.05, 3.63) is 42.0 Å². The van der Waals surface area contributed by atoms with Crippen LogP contribution in [0.1, 0.15) is 31.2 Å². The molecular weight excluding hydrogens is 238 g/mol. The maximum Gasteiger partial charge on any atom is 0.154 e. The van der Waals surface area contributed by atoms with E-state index in [0.717, 1.165) is 24.2 Å². The highest BCUT2D eigenvalue weighted by molar-refractivity contribution is 6.00. The molecule has 0 radical (unpaired) electrons. The third kappa shape index (κ3) is 2.10. The summed E-state index contributed by atoms with van der Waals surface area (Å²) in [7, 11) is 0. The van der Waals surface area contributed by atoms with E-state index in [1.807, 2.05) is 12.1 Å². The van der Waals surface area contributed by atoms with Crippen LogP contribution in [-0.2, 0) is 0 Å². The molecule has 0 saturated heterocycles. The molecule has 1 unspecified atom stereocenters. The smallest absolute Gasteiger partial charge is 0.154 e. The van der Waals surface area contributed by atoms with Crippen molar-refractivity contribution >= 4 is 5.84 Å². The first-order valence-corrected chi connectivity index (χ1v) is 6.72. The van der Waals surface area contributed by atoms with E-state index in [-0.39, 0.29) is 0 Å². The van der Waals surface area contributed by atoms with Crippen LogP contribution >= 0.6 is 0 Å². The molecule has 0 bridgehead atoms. The monoisotopic (exact) mass is 257 g/mol. The van der Waals surface area contributed by atoms with Gasteiger partial charge in [0.25, 0.3) is 0 Å². The first-order chi connectivity index (χ1) is 9.20. The molecule has 0 spiro atoms. The van der Waals surface area contributed by atoms with Gasteiger partial charge in [-0.2, -0.15) is 0 Å². The van der Waals surface area contributed by atoms with Gasteiger partial charge in [-0.15, -0.1) is 0 Å². The molecule has 19 heavy (non-hydrogen) atoms. The van der Waals surface area contributed by atoms with Crippen molar-refractivity contribution in [2.75, 3.05) is 0 Å². The van der Waals surface area contributed by atoms with E-state index in [1.54, 1.807) is 18.6 Å². The van der Waals surface area contributed by atoms with Crippen LogP contribution in [0.2, 0.25) is 0 Å². The predicted molar refractivity (Wildman–Crippen MR) is 75.1 cm³/mol. The van der Waals surface area contributed by atoms with Gasteiger partial charge in [-0.1, -0.05) is 12.8 Å². The van der Waals surface area contributed by atoms with Gasteiger partial charge in [-0.3, -0.25) is 4.98 Å². The van der Waals surface area contributed by atoms with Crippen molar-refractivity contribution in [2.24, 2.45) is 22.4 Å². The molecule has 100 valence electrons. The minimum atomic E-state index is -0.764. The van der Waals surface area contributed by atoms with Crippen molar-refractivity contribution in [3.63, 3.8) is 0 Å². The van der Waals surface area contributed by atoms with Crippen LogP contribution in [0, 0.1) is 5.92 Å². The van der Waals surface area contributed by atoms with Gasteiger partial charge in [0.1, 0.15) is 5.84 Å². The second-order valence-corrected chi connectivity index (χ2v) is 5.25. The maximum atomic E-state index is 6.50. The average molecular weight is 257 g/mol. The standard InChI is InChI=1S/C14H19N5/c15-12-9-18-13(10-5-7-17-8-6-10)19-14(12,16)11-3-1-2-4-11/h5-9,11H,1-4,15-16H2,(H,18,19). The number of nitrogens with one attached hydrogen (secondary N) is 1. The summed E-state index contributed by atoms with van der Waals surface area (Å²) < 4.78 is 0. The fourth-order valence-corrected chi connectivity index (χ4v) is 2.89. The topological polar surface area (TPSA) is 89.3 Å². The van der Waals surface area contributed by atoms with Crippen molar-refractivity contribution in [1.29, 1.82) is 0 Å². The van der Waals surface area contributed by atoms with Gasteiger partial charge in [-0.25, -0.2) is 4.99 Å². The summed E-state index contributed by atoms with van der Waals surface area (Å²) in [5.41, 5.74) is 13.4. The maximum absolute atomic E-state index is 6.50. The number of hydrogen-bond acceptors (Lipinski definition) is 5. The van der Waals surface area contributed by atoms with E-state index in [9.17, 15) is 0 Å². The normalized spacial score (nSPS) is 27.6. The first kappa shape index (κ1) is 12.2. The second-order valence-electron chi connectivity index (χ2n) is 5.25. The van der Waals surface area contributed by atoms with E-state index in [1.165, 1.54) is 12.8 Å². The molecule has 1 aliphatic heterocycles. The van der Waals surface area contributed by atoms with E-state index >= 15 is 0 Å². The Bertz CT molecular complexity index is 516. The van der Waals surface area contributed by atoms with E-state index in [4.69, 9.17) is 16.5 Å². The fourth-order valence-electron chi connectivity index (χ4n) is 2.89. The van der Waals surface area contributed by atoms with Gasteiger partial charge in [0.15, 0.2) is 5.66 Å². The third-order valence-corrected chi connectivity index (χ3v) is 4.05. The summed E-state index contributed by atoms with van der Waals surface area (Å²) in [5, 5.41) is 3.12. The Morgan fingerprint density at radius 1 is 1.21 bits per heavy atom. The molecule has 1 aliphatic carbocycles. The van der Waals surface area contributed by atoms with Crippen LogP contribution < -0.4 is 16.8 Å². The Labute approximate surface area is 112 Å². The summed E-state index contributed by atoms with van der Waals surface area (Å²) in [6, 6.07) is 3.83. The second kappa shape index (κ2) is 4.66. The number of aromatic nitrogens is 1. The van der Waals surface area contributed by atoms with Crippen LogP contribution in [0.4, 0.5) is 0 Å². The lowest BCUT2D eigenvalue weighted by Gasteiger charge is -2.35. The number of amidine groups is 1. The van der Waals surface area contributed by atoms with Gasteiger partial charge in [-0.05, 0) is 25.0 Å². The highest BCUT2D eigenvalue weighted by atomic mass is 15.2. The lowest BCUT2D eigenvalue weighted by molar-refractivity contribution is 0.326. The zero-order valence-corrected chi connectivity index (χ0v) is 10.8. The average Bonchev–Trinajstić information content (AvgIpc) is 2.98. The van der Waals surface area contributed by atoms with Crippen LogP contribution in [0.25, 0.3) is 0 Å². The lowest BCUT2D eigenvalue weighted by Crippen LogP contribution is -2.53. The van der Waals surface area contributed by atoms with Crippen molar-refractivity contribution in [2.45, 2.75) is 31.3 Å². The summed E-state index contributed by atoms with van der Waals surface area (Å²) >= 11 is 0. The van der Waals surface area contributed by atoms with Crippen molar-refractivity contribution in [1.82, 2.24) is 10.3 Å². The fraction of sp³-hybridized carbons (Fsp3) is 0.429. The summed E-state index contributed by atoms with van der Waals surface area (Å²) in [4.78, 5) is 8.72. The Balaban J connectivity index is 1.96. The van der Waals surface area contributed by atoms with Gasteiger partial charge in [0.05, 0.1) is 5.70 Å². The zero-order chi connectivity index (χ0) is 13.3. The molecule has 1 atom stereocenters. The van der Waals surface area contributed by atoms with Crippen LogP contribution in [0.5, 0.6) is 0 Å². The highest BCUT2D eigenvalue weighted by Crippen LogP contribution is 2.37. The predicted octanol–water partition coefficient (Wildman–Crippen LogP) is 1.08. The van der Waals surface area contributed by atoms with E-state index in [2.05, 4.69) is 10.3 Å². The Hall–Kier alpha value is -1.88. The summed E-state index contributed by atoms with van der Waals surface area (Å²) in [6.07, 6.45) is 9.89. The zero-order valence-electron chi connectivity index (χ0n) is 10.8. The minimum absolute atomic E-state index is 0.336. The molecule has 1 aromatic heterocycles. The van der Waals surface area contributed by atoms with E-state index in [0.29, 0.717) is 11.6 Å². The molecule has 5 heteroatoms. The minimum Gasteiger partial charge on any atom is -0.398 e. The van der Waals surface area contributed by atoms with Crippen LogP contribution in [-0.4, -0.2) is 16.5 Å². The summed E-state index contributed by atoms with van der Waals surface area (Å²) in [5.74, 6) is 1.11. The number of hydrogen-bond donors (Lipinski definition) is 3. The largest absolute Gasteiger partial charge is 0.398 e. The van der Waals surface area contributed by atoms with Crippen molar-refractivity contribution in [3.8, 4) is 0 Å². The van der Waals surface area contributed by atoms with Gasteiger partial charge < -0.3 is 16.8 Å². The molecule has 0 amide bonds. The molecule has 5 nitrogen and oxygen atoms in total. The van der Waals surface area contributed by atoms with Crippen LogP contribution in [0.3, 0.4) is 0 Å². The summed E-state index contributed by atoms with van der Waals surface area (Å²) in [6.45, 7) is 0. The molecule has 0 aromatic carbocycles. The lowest BCUT2D eigenvalue weighted by atomic mass is 9.88. The molecule has 1 saturated carbocycles. The Morgan fingerprint density at radius 3 is 2.58 bits per heavy atom. The highest BCUT2D eigenvalue weighted by Gasteiger charge is 2.40. The van der Waals surface area contributed by atoms with Gasteiger partial charge in [0.2, 0.25) is 0 Å².